The summed E-state index contributed by atoms with van der Waals surface area (Å²) < 4.78 is 11.7. The van der Waals surface area contributed by atoms with Gasteiger partial charge in [0, 0.05) is 15.8 Å². The SMILES string of the molecule is [C-]#[N+]c1c(C(C)OC(=O)C2CC(C)(C)N(O)C(C)(C)C2)no[n+]1C. The Labute approximate surface area is 141 Å². The van der Waals surface area contributed by atoms with Gasteiger partial charge in [-0.15, -0.1) is 4.63 Å². The third-order valence-electron chi connectivity index (χ3n) is 4.54. The lowest BCUT2D eigenvalue weighted by Gasteiger charge is -2.50. The quantitative estimate of drug-likeness (QED) is 0.518. The zero-order chi connectivity index (χ0) is 18.3. The van der Waals surface area contributed by atoms with Crippen molar-refractivity contribution >= 4 is 11.8 Å². The van der Waals surface area contributed by atoms with E-state index in [1.165, 1.54) is 9.80 Å². The van der Waals surface area contributed by atoms with Crippen molar-refractivity contribution in [1.82, 2.24) is 10.2 Å². The Bertz CT molecular complexity index is 656. The van der Waals surface area contributed by atoms with Crippen LogP contribution in [0.1, 0.15) is 59.3 Å². The molecule has 8 nitrogen and oxygen atoms in total. The van der Waals surface area contributed by atoms with E-state index in [-0.39, 0.29) is 17.7 Å². The van der Waals surface area contributed by atoms with E-state index < -0.39 is 17.2 Å². The molecule has 2 heterocycles. The van der Waals surface area contributed by atoms with Crippen LogP contribution in [-0.4, -0.2) is 32.5 Å². The zero-order valence-corrected chi connectivity index (χ0v) is 15.0. The molecule has 2 rings (SSSR count). The number of hydrogen-bond donors (Lipinski definition) is 1. The van der Waals surface area contributed by atoms with Gasteiger partial charge >= 0.3 is 11.8 Å². The highest BCUT2D eigenvalue weighted by Crippen LogP contribution is 2.41. The summed E-state index contributed by atoms with van der Waals surface area (Å²) >= 11 is 0. The second kappa shape index (κ2) is 6.15. The first kappa shape index (κ1) is 18.4. The molecule has 1 saturated heterocycles. The summed E-state index contributed by atoms with van der Waals surface area (Å²) in [6.07, 6.45) is 0.298. The molecule has 0 bridgehead atoms. The number of carbonyl (C=O) groups excluding carboxylic acids is 1. The van der Waals surface area contributed by atoms with Crippen LogP contribution in [0.3, 0.4) is 0 Å². The number of rotatable bonds is 3. The fraction of sp³-hybridized carbons (Fsp3) is 0.750. The predicted octanol–water partition coefficient (Wildman–Crippen LogP) is 2.31. The Kier molecular flexibility index (Phi) is 4.70. The van der Waals surface area contributed by atoms with Gasteiger partial charge in [0.2, 0.25) is 5.69 Å². The number of esters is 1. The van der Waals surface area contributed by atoms with E-state index in [1.54, 1.807) is 14.0 Å². The van der Waals surface area contributed by atoms with E-state index in [1.807, 2.05) is 27.7 Å². The van der Waals surface area contributed by atoms with E-state index in [9.17, 15) is 10.0 Å². The molecule has 1 aliphatic heterocycles. The van der Waals surface area contributed by atoms with Gasteiger partial charge in [0.1, 0.15) is 12.7 Å². The molecule has 0 aliphatic carbocycles. The van der Waals surface area contributed by atoms with Crippen LogP contribution in [0.5, 0.6) is 0 Å². The van der Waals surface area contributed by atoms with Crippen LogP contribution in [0, 0.1) is 12.5 Å². The van der Waals surface area contributed by atoms with Crippen LogP contribution in [0.2, 0.25) is 0 Å². The lowest BCUT2D eigenvalue weighted by Crippen LogP contribution is -2.60. The highest BCUT2D eigenvalue weighted by molar-refractivity contribution is 5.73. The zero-order valence-electron chi connectivity index (χ0n) is 15.0. The van der Waals surface area contributed by atoms with Crippen LogP contribution >= 0.6 is 0 Å². The lowest BCUT2D eigenvalue weighted by molar-refractivity contribution is -0.842. The first-order valence-electron chi connectivity index (χ1n) is 7.93. The number of hydrogen-bond acceptors (Lipinski definition) is 6. The third-order valence-corrected chi connectivity index (χ3v) is 4.54. The van der Waals surface area contributed by atoms with Gasteiger partial charge in [-0.1, -0.05) is 0 Å². The van der Waals surface area contributed by atoms with Crippen LogP contribution in [0.15, 0.2) is 4.63 Å². The monoisotopic (exact) mass is 337 g/mol. The minimum absolute atomic E-state index is 0.209. The number of nitrogens with zero attached hydrogens (tertiary/aromatic N) is 4. The van der Waals surface area contributed by atoms with Gasteiger partial charge in [-0.05, 0) is 52.6 Å². The normalized spacial score (nSPS) is 21.9. The summed E-state index contributed by atoms with van der Waals surface area (Å²) in [7, 11) is 1.57. The van der Waals surface area contributed by atoms with E-state index in [4.69, 9.17) is 15.9 Å². The summed E-state index contributed by atoms with van der Waals surface area (Å²) in [5.41, 5.74) is -0.758. The molecule has 1 aromatic rings. The molecule has 132 valence electrons. The summed E-state index contributed by atoms with van der Waals surface area (Å²) in [5, 5.41) is 15.4. The van der Waals surface area contributed by atoms with E-state index in [2.05, 4.69) is 10.0 Å². The molecule has 0 amide bonds. The van der Waals surface area contributed by atoms with Crippen molar-refractivity contribution in [3.63, 3.8) is 0 Å². The van der Waals surface area contributed by atoms with Crippen molar-refractivity contribution in [2.75, 3.05) is 0 Å². The fourth-order valence-electron chi connectivity index (χ4n) is 3.49. The summed E-state index contributed by atoms with van der Waals surface area (Å²) in [4.78, 5) is 16.0. The Morgan fingerprint density at radius 2 is 2.00 bits per heavy atom. The van der Waals surface area contributed by atoms with Gasteiger partial charge < -0.3 is 9.94 Å². The second-order valence-electron chi connectivity index (χ2n) is 7.61. The van der Waals surface area contributed by atoms with Gasteiger partial charge in [0.25, 0.3) is 0 Å². The number of ether oxygens (including phenoxy) is 1. The number of aryl methyl sites for hydroxylation is 1. The molecular formula is C16H25N4O4+. The van der Waals surface area contributed by atoms with Crippen molar-refractivity contribution in [1.29, 1.82) is 0 Å². The number of hydroxylamine groups is 2. The second-order valence-corrected chi connectivity index (χ2v) is 7.61. The number of piperidine rings is 1. The molecule has 1 aromatic heterocycles. The van der Waals surface area contributed by atoms with Crippen molar-refractivity contribution in [3.8, 4) is 0 Å². The largest absolute Gasteiger partial charge is 0.491 e. The summed E-state index contributed by atoms with van der Waals surface area (Å²) in [6.45, 7) is 16.4. The molecule has 1 aliphatic rings. The van der Waals surface area contributed by atoms with Crippen LogP contribution < -0.4 is 4.74 Å². The highest BCUT2D eigenvalue weighted by Gasteiger charge is 2.48. The Morgan fingerprint density at radius 1 is 1.46 bits per heavy atom. The standard InChI is InChI=1S/C16H25N4O4/c1-10(12-13(17-6)19(7)24-18-12)23-14(21)11-8-15(2,3)20(22)16(4,5)9-11/h10-11,22H,8-9H2,1-5,7H3/q+1. The maximum atomic E-state index is 12.6. The Balaban J connectivity index is 2.14. The summed E-state index contributed by atoms with van der Waals surface area (Å²) in [6, 6.07) is 0. The average Bonchev–Trinajstić information content (AvgIpc) is 2.84. The van der Waals surface area contributed by atoms with Crippen LogP contribution in [-0.2, 0) is 16.6 Å². The molecule has 0 radical (unpaired) electrons. The van der Waals surface area contributed by atoms with Crippen molar-refractivity contribution < 1.29 is 24.1 Å². The van der Waals surface area contributed by atoms with Crippen molar-refractivity contribution in [3.05, 3.63) is 17.1 Å². The van der Waals surface area contributed by atoms with Gasteiger partial charge in [-0.2, -0.15) is 9.91 Å². The van der Waals surface area contributed by atoms with Crippen molar-refractivity contribution in [2.24, 2.45) is 13.0 Å². The van der Waals surface area contributed by atoms with Gasteiger partial charge in [0.05, 0.1) is 5.92 Å². The molecule has 0 spiro atoms. The van der Waals surface area contributed by atoms with Crippen molar-refractivity contribution in [2.45, 2.75) is 64.6 Å². The molecule has 1 N–H and O–H groups in total. The van der Waals surface area contributed by atoms with Gasteiger partial charge in [-0.25, -0.2) is 0 Å². The van der Waals surface area contributed by atoms with Crippen LogP contribution in [0.4, 0.5) is 5.82 Å². The average molecular weight is 337 g/mol. The molecule has 1 atom stereocenters. The lowest BCUT2D eigenvalue weighted by atomic mass is 9.75. The minimum atomic E-state index is -0.676. The topological polar surface area (TPSA) is 84.0 Å². The molecule has 0 saturated carbocycles. The van der Waals surface area contributed by atoms with E-state index in [0.29, 0.717) is 18.5 Å². The molecular weight excluding hydrogens is 312 g/mol. The number of aromatic nitrogens is 2. The molecule has 24 heavy (non-hydrogen) atoms. The van der Waals surface area contributed by atoms with Crippen LogP contribution in [0.25, 0.3) is 4.85 Å². The first-order valence-corrected chi connectivity index (χ1v) is 7.93. The predicted molar refractivity (Wildman–Crippen MR) is 83.0 cm³/mol. The highest BCUT2D eigenvalue weighted by atomic mass is 16.6. The Morgan fingerprint density at radius 3 is 2.50 bits per heavy atom. The summed E-state index contributed by atoms with van der Waals surface area (Å²) in [5.74, 6) is -0.475. The maximum Gasteiger partial charge on any atom is 0.491 e. The molecule has 1 unspecified atom stereocenters. The molecule has 0 aromatic carbocycles. The van der Waals surface area contributed by atoms with E-state index >= 15 is 0 Å². The third kappa shape index (κ3) is 3.28. The molecule has 1 fully saturated rings. The maximum absolute atomic E-state index is 12.6. The minimum Gasteiger partial charge on any atom is -0.457 e. The van der Waals surface area contributed by atoms with Gasteiger partial charge in [0.15, 0.2) is 7.05 Å². The smallest absolute Gasteiger partial charge is 0.457 e. The first-order chi connectivity index (χ1) is 11.0. The van der Waals surface area contributed by atoms with Gasteiger partial charge in [-0.3, -0.25) is 4.79 Å². The van der Waals surface area contributed by atoms with E-state index in [0.717, 1.165) is 0 Å². The fourth-order valence-corrected chi connectivity index (χ4v) is 3.49. The molecule has 8 heteroatoms. The number of carbonyl (C=O) groups is 1. The Hall–Kier alpha value is -1.98.